The van der Waals surface area contributed by atoms with Gasteiger partial charge in [0, 0.05) is 29.1 Å². The van der Waals surface area contributed by atoms with Crippen LogP contribution in [0.5, 0.6) is 0 Å². The average Bonchev–Trinajstić information content (AvgIpc) is 2.41. The van der Waals surface area contributed by atoms with Gasteiger partial charge in [-0.2, -0.15) is 0 Å². The molecular formula is C14H17Cl2NO. The number of rotatable bonds is 2. The summed E-state index contributed by atoms with van der Waals surface area (Å²) in [6.45, 7) is 2.68. The second-order valence-corrected chi connectivity index (χ2v) is 5.43. The summed E-state index contributed by atoms with van der Waals surface area (Å²) < 4.78 is 0. The smallest absolute Gasteiger partial charge is 0.254 e. The number of hydrogen-bond donors (Lipinski definition) is 0. The molecule has 0 spiro atoms. The molecule has 1 aliphatic heterocycles. The molecule has 0 aromatic heterocycles. The Balaban J connectivity index is 2.27. The second-order valence-electron chi connectivity index (χ2n) is 4.71. The molecule has 1 amide bonds. The summed E-state index contributed by atoms with van der Waals surface area (Å²) in [5, 5.41) is 0.639. The molecular weight excluding hydrogens is 269 g/mol. The lowest BCUT2D eigenvalue weighted by molar-refractivity contribution is 0.0638. The minimum atomic E-state index is 0.0559. The Morgan fingerprint density at radius 3 is 2.94 bits per heavy atom. The first-order valence-corrected chi connectivity index (χ1v) is 7.18. The van der Waals surface area contributed by atoms with Gasteiger partial charge in [0.25, 0.3) is 5.91 Å². The molecule has 18 heavy (non-hydrogen) atoms. The molecule has 2 nitrogen and oxygen atoms in total. The lowest BCUT2D eigenvalue weighted by atomic mass is 10.0. The summed E-state index contributed by atoms with van der Waals surface area (Å²) in [4.78, 5) is 14.4. The lowest BCUT2D eigenvalue weighted by Gasteiger charge is -2.35. The van der Waals surface area contributed by atoms with Crippen molar-refractivity contribution in [2.24, 2.45) is 0 Å². The van der Waals surface area contributed by atoms with Gasteiger partial charge in [-0.3, -0.25) is 4.79 Å². The van der Waals surface area contributed by atoms with E-state index in [0.717, 1.165) is 31.4 Å². The van der Waals surface area contributed by atoms with E-state index in [-0.39, 0.29) is 11.9 Å². The lowest BCUT2D eigenvalue weighted by Crippen LogP contribution is -2.44. The van der Waals surface area contributed by atoms with E-state index >= 15 is 0 Å². The molecule has 2 rings (SSSR count). The fourth-order valence-electron chi connectivity index (χ4n) is 2.42. The van der Waals surface area contributed by atoms with Crippen LogP contribution >= 0.6 is 23.2 Å². The van der Waals surface area contributed by atoms with E-state index in [4.69, 9.17) is 23.2 Å². The zero-order chi connectivity index (χ0) is 13.1. The summed E-state index contributed by atoms with van der Waals surface area (Å²) in [6, 6.07) is 5.63. The molecule has 0 bridgehead atoms. The highest BCUT2D eigenvalue weighted by Crippen LogP contribution is 2.24. The predicted molar refractivity (Wildman–Crippen MR) is 75.6 cm³/mol. The Morgan fingerprint density at radius 2 is 2.22 bits per heavy atom. The number of amides is 1. The minimum absolute atomic E-state index is 0.0559. The molecule has 1 heterocycles. The molecule has 1 atom stereocenters. The van der Waals surface area contributed by atoms with Crippen molar-refractivity contribution in [3.8, 4) is 0 Å². The number of carbonyl (C=O) groups excluding carboxylic acids is 1. The van der Waals surface area contributed by atoms with E-state index in [2.05, 4.69) is 0 Å². The van der Waals surface area contributed by atoms with Crippen LogP contribution in [-0.4, -0.2) is 29.3 Å². The van der Waals surface area contributed by atoms with E-state index in [1.165, 1.54) is 0 Å². The van der Waals surface area contributed by atoms with Crippen molar-refractivity contribution in [1.82, 2.24) is 4.90 Å². The van der Waals surface area contributed by atoms with Gasteiger partial charge in [-0.15, -0.1) is 11.6 Å². The van der Waals surface area contributed by atoms with Crippen molar-refractivity contribution < 1.29 is 4.79 Å². The van der Waals surface area contributed by atoms with Crippen molar-refractivity contribution in [1.29, 1.82) is 0 Å². The van der Waals surface area contributed by atoms with Crippen molar-refractivity contribution in [2.45, 2.75) is 32.2 Å². The fraction of sp³-hybridized carbons (Fsp3) is 0.500. The Labute approximate surface area is 118 Å². The normalized spacial score (nSPS) is 19.9. The third kappa shape index (κ3) is 2.65. The zero-order valence-electron chi connectivity index (χ0n) is 10.5. The topological polar surface area (TPSA) is 20.3 Å². The number of carbonyl (C=O) groups is 1. The van der Waals surface area contributed by atoms with Crippen molar-refractivity contribution >= 4 is 29.1 Å². The Morgan fingerprint density at radius 1 is 1.44 bits per heavy atom. The van der Waals surface area contributed by atoms with Crippen LogP contribution in [0.3, 0.4) is 0 Å². The van der Waals surface area contributed by atoms with Crippen LogP contribution in [0, 0.1) is 6.92 Å². The summed E-state index contributed by atoms with van der Waals surface area (Å²) >= 11 is 12.0. The summed E-state index contributed by atoms with van der Waals surface area (Å²) in [5.74, 6) is 0.561. The van der Waals surface area contributed by atoms with Crippen LogP contribution in [0.15, 0.2) is 18.2 Å². The number of alkyl halides is 1. The molecule has 4 heteroatoms. The first kappa shape index (κ1) is 13.7. The van der Waals surface area contributed by atoms with E-state index in [9.17, 15) is 4.79 Å². The summed E-state index contributed by atoms with van der Waals surface area (Å²) in [6.07, 6.45) is 3.20. The van der Waals surface area contributed by atoms with Crippen LogP contribution in [-0.2, 0) is 0 Å². The first-order chi connectivity index (χ1) is 8.65. The molecule has 1 aliphatic rings. The minimum Gasteiger partial charge on any atom is -0.334 e. The predicted octanol–water partition coefficient (Wildman–Crippen LogP) is 3.88. The molecule has 1 aromatic rings. The molecule has 0 aliphatic carbocycles. The van der Waals surface area contributed by atoms with Gasteiger partial charge in [0.1, 0.15) is 0 Å². The van der Waals surface area contributed by atoms with Gasteiger partial charge in [0.05, 0.1) is 0 Å². The molecule has 1 unspecified atom stereocenters. The van der Waals surface area contributed by atoms with Gasteiger partial charge in [-0.1, -0.05) is 17.7 Å². The Hall–Kier alpha value is -0.730. The van der Waals surface area contributed by atoms with Crippen molar-refractivity contribution in [3.63, 3.8) is 0 Å². The fourth-order valence-corrected chi connectivity index (χ4v) is 2.92. The van der Waals surface area contributed by atoms with Crippen molar-refractivity contribution in [2.75, 3.05) is 12.4 Å². The van der Waals surface area contributed by atoms with Gasteiger partial charge in [0.15, 0.2) is 0 Å². The van der Waals surface area contributed by atoms with Crippen LogP contribution in [0.1, 0.15) is 35.2 Å². The molecule has 1 aromatic carbocycles. The van der Waals surface area contributed by atoms with Gasteiger partial charge >= 0.3 is 0 Å². The molecule has 1 fully saturated rings. The number of halogens is 2. The number of benzene rings is 1. The number of piperidine rings is 1. The summed E-state index contributed by atoms with van der Waals surface area (Å²) in [5.41, 5.74) is 1.54. The third-order valence-electron chi connectivity index (χ3n) is 3.56. The summed E-state index contributed by atoms with van der Waals surface area (Å²) in [7, 11) is 0. The van der Waals surface area contributed by atoms with Gasteiger partial charge in [0.2, 0.25) is 0 Å². The quantitative estimate of drug-likeness (QED) is 0.755. The standard InChI is InChI=1S/C14H17Cl2NO/c1-10-12(6-4-7-13(10)16)14(18)17-8-3-2-5-11(17)9-15/h4,6-7,11H,2-3,5,8-9H2,1H3. The molecule has 0 saturated carbocycles. The average molecular weight is 286 g/mol. The van der Waals surface area contributed by atoms with E-state index in [0.29, 0.717) is 16.5 Å². The van der Waals surface area contributed by atoms with Crippen LogP contribution < -0.4 is 0 Å². The van der Waals surface area contributed by atoms with Crippen LogP contribution in [0.25, 0.3) is 0 Å². The highest BCUT2D eigenvalue weighted by atomic mass is 35.5. The Kier molecular flexibility index (Phi) is 4.52. The van der Waals surface area contributed by atoms with Gasteiger partial charge in [-0.25, -0.2) is 0 Å². The third-order valence-corrected chi connectivity index (χ3v) is 4.33. The second kappa shape index (κ2) is 5.94. The maximum absolute atomic E-state index is 12.6. The first-order valence-electron chi connectivity index (χ1n) is 6.27. The molecule has 0 N–H and O–H groups in total. The highest BCUT2D eigenvalue weighted by molar-refractivity contribution is 6.31. The zero-order valence-corrected chi connectivity index (χ0v) is 12.0. The van der Waals surface area contributed by atoms with Gasteiger partial charge in [-0.05, 0) is 43.9 Å². The monoisotopic (exact) mass is 285 g/mol. The number of likely N-dealkylation sites (tertiary alicyclic amines) is 1. The van der Waals surface area contributed by atoms with E-state index < -0.39 is 0 Å². The highest BCUT2D eigenvalue weighted by Gasteiger charge is 2.27. The maximum atomic E-state index is 12.6. The van der Waals surface area contributed by atoms with Crippen molar-refractivity contribution in [3.05, 3.63) is 34.3 Å². The van der Waals surface area contributed by atoms with Crippen LogP contribution in [0.4, 0.5) is 0 Å². The SMILES string of the molecule is Cc1c(Cl)cccc1C(=O)N1CCCCC1CCl. The van der Waals surface area contributed by atoms with E-state index in [1.54, 1.807) is 0 Å². The maximum Gasteiger partial charge on any atom is 0.254 e. The molecule has 1 saturated heterocycles. The largest absolute Gasteiger partial charge is 0.334 e. The van der Waals surface area contributed by atoms with Gasteiger partial charge < -0.3 is 4.90 Å². The molecule has 0 radical (unpaired) electrons. The number of nitrogens with zero attached hydrogens (tertiary/aromatic N) is 1. The number of hydrogen-bond acceptors (Lipinski definition) is 1. The van der Waals surface area contributed by atoms with Crippen LogP contribution in [0.2, 0.25) is 5.02 Å². The Bertz CT molecular complexity index is 447. The molecule has 98 valence electrons. The van der Waals surface area contributed by atoms with E-state index in [1.807, 2.05) is 30.0 Å².